The average molecular weight is 541 g/mol. The van der Waals surface area contributed by atoms with Crippen LogP contribution < -0.4 is 10.6 Å². The number of pyridine rings is 1. The van der Waals surface area contributed by atoms with E-state index < -0.39 is 36.0 Å². The summed E-state index contributed by atoms with van der Waals surface area (Å²) in [5.74, 6) is -1.54. The van der Waals surface area contributed by atoms with E-state index in [4.69, 9.17) is 27.9 Å². The molecule has 0 radical (unpaired) electrons. The second kappa shape index (κ2) is 12.1. The number of hydrogen-bond acceptors (Lipinski definition) is 7. The first-order valence-corrected chi connectivity index (χ1v) is 12.4. The van der Waals surface area contributed by atoms with Crippen molar-refractivity contribution in [2.75, 3.05) is 23.6 Å². The fourth-order valence-corrected chi connectivity index (χ4v) is 4.97. The summed E-state index contributed by atoms with van der Waals surface area (Å²) in [7, 11) is 0. The molecular weight excluding hydrogens is 519 g/mol. The standard InChI is InChI=1S/C22H22Cl2N4O6S/c1-2-34-22(33)28-11-35-10-16(28)19(29)26-15(21(31)32)8-12-6-7-17(25-9-12)27-20(30)18-13(23)4-3-5-14(18)24/h3-7,9,15-16H,2,8,10-11H2,1H3,(H,26,29)(H,31,32)(H,25,27,30)/t15-,16-/m0/s1. The van der Waals surface area contributed by atoms with Crippen LogP contribution in [-0.2, 0) is 20.7 Å². The number of carbonyl (C=O) groups is 4. The summed E-state index contributed by atoms with van der Waals surface area (Å²) in [5, 5.41) is 15.1. The first-order chi connectivity index (χ1) is 16.7. The number of thioether (sulfide) groups is 1. The number of rotatable bonds is 8. The molecule has 1 aromatic carbocycles. The molecule has 35 heavy (non-hydrogen) atoms. The van der Waals surface area contributed by atoms with Crippen LogP contribution in [0.15, 0.2) is 36.5 Å². The topological polar surface area (TPSA) is 138 Å². The lowest BCUT2D eigenvalue weighted by molar-refractivity contribution is -0.142. The monoisotopic (exact) mass is 540 g/mol. The van der Waals surface area contributed by atoms with E-state index in [2.05, 4.69) is 15.6 Å². The van der Waals surface area contributed by atoms with Gasteiger partial charge in [-0.05, 0) is 30.7 Å². The number of anilines is 1. The predicted octanol–water partition coefficient (Wildman–Crippen LogP) is 3.28. The maximum atomic E-state index is 12.7. The number of hydrogen-bond donors (Lipinski definition) is 3. The molecule has 1 saturated heterocycles. The van der Waals surface area contributed by atoms with Gasteiger partial charge >= 0.3 is 12.1 Å². The Kier molecular flexibility index (Phi) is 9.19. The molecule has 2 aromatic rings. The van der Waals surface area contributed by atoms with Gasteiger partial charge in [0.25, 0.3) is 5.91 Å². The van der Waals surface area contributed by atoms with Crippen molar-refractivity contribution >= 4 is 64.7 Å². The van der Waals surface area contributed by atoms with Gasteiger partial charge in [0, 0.05) is 18.4 Å². The van der Waals surface area contributed by atoms with Crippen LogP contribution in [0.4, 0.5) is 10.6 Å². The molecule has 0 bridgehead atoms. The molecule has 0 aliphatic carbocycles. The quantitative estimate of drug-likeness (QED) is 0.463. The molecule has 0 unspecified atom stereocenters. The summed E-state index contributed by atoms with van der Waals surface area (Å²) >= 11 is 13.5. The van der Waals surface area contributed by atoms with Gasteiger partial charge in [0.2, 0.25) is 5.91 Å². The van der Waals surface area contributed by atoms with Crippen LogP contribution >= 0.6 is 35.0 Å². The van der Waals surface area contributed by atoms with E-state index in [1.54, 1.807) is 19.1 Å². The van der Waals surface area contributed by atoms with Crippen molar-refractivity contribution in [2.24, 2.45) is 0 Å². The van der Waals surface area contributed by atoms with Crippen molar-refractivity contribution < 1.29 is 29.0 Å². The van der Waals surface area contributed by atoms with Crippen LogP contribution in [0.1, 0.15) is 22.8 Å². The molecular formula is C22H22Cl2N4O6S. The van der Waals surface area contributed by atoms with Crippen molar-refractivity contribution in [3.63, 3.8) is 0 Å². The Bertz CT molecular complexity index is 1100. The summed E-state index contributed by atoms with van der Waals surface area (Å²) in [6.07, 6.45) is 0.713. The number of ether oxygens (including phenoxy) is 1. The molecule has 2 heterocycles. The van der Waals surface area contributed by atoms with Gasteiger partial charge in [0.15, 0.2) is 0 Å². The van der Waals surface area contributed by atoms with Crippen molar-refractivity contribution in [1.82, 2.24) is 15.2 Å². The Morgan fingerprint density at radius 3 is 2.54 bits per heavy atom. The highest BCUT2D eigenvalue weighted by molar-refractivity contribution is 7.99. The minimum absolute atomic E-state index is 0.0576. The third-order valence-corrected chi connectivity index (χ3v) is 6.64. The SMILES string of the molecule is CCOC(=O)N1CSC[C@H]1C(=O)N[C@@H](Cc1ccc(NC(=O)c2c(Cl)cccc2Cl)nc1)C(=O)O. The minimum Gasteiger partial charge on any atom is -0.480 e. The van der Waals surface area contributed by atoms with Gasteiger partial charge in [0.05, 0.1) is 28.1 Å². The highest BCUT2D eigenvalue weighted by Gasteiger charge is 2.37. The number of carboxylic acids is 1. The Balaban J connectivity index is 1.63. The lowest BCUT2D eigenvalue weighted by atomic mass is 10.1. The van der Waals surface area contributed by atoms with Gasteiger partial charge in [-0.25, -0.2) is 14.6 Å². The second-order valence-corrected chi connectivity index (χ2v) is 9.20. The fraction of sp³-hybridized carbons (Fsp3) is 0.318. The molecule has 3 N–H and O–H groups in total. The van der Waals surface area contributed by atoms with Gasteiger partial charge in [0.1, 0.15) is 17.9 Å². The predicted molar refractivity (Wildman–Crippen MR) is 132 cm³/mol. The highest BCUT2D eigenvalue weighted by Crippen LogP contribution is 2.25. The number of nitrogens with zero attached hydrogens (tertiary/aromatic N) is 2. The Morgan fingerprint density at radius 2 is 1.94 bits per heavy atom. The molecule has 2 atom stereocenters. The number of carboxylic acid groups (broad SMARTS) is 1. The van der Waals surface area contributed by atoms with Gasteiger partial charge in [-0.3, -0.25) is 14.5 Å². The maximum absolute atomic E-state index is 12.7. The lowest BCUT2D eigenvalue weighted by Gasteiger charge is -2.24. The van der Waals surface area contributed by atoms with E-state index in [1.165, 1.54) is 41.1 Å². The molecule has 1 aliphatic heterocycles. The molecule has 3 amide bonds. The van der Waals surface area contributed by atoms with Crippen molar-refractivity contribution in [3.05, 3.63) is 57.7 Å². The molecule has 10 nitrogen and oxygen atoms in total. The third-order valence-electron chi connectivity index (χ3n) is 5.00. The molecule has 186 valence electrons. The van der Waals surface area contributed by atoms with E-state index in [-0.39, 0.29) is 40.3 Å². The van der Waals surface area contributed by atoms with Crippen LogP contribution in [-0.4, -0.2) is 69.2 Å². The Hall–Kier alpha value is -3.02. The molecule has 0 saturated carbocycles. The third kappa shape index (κ3) is 6.77. The molecule has 1 fully saturated rings. The highest BCUT2D eigenvalue weighted by atomic mass is 35.5. The zero-order chi connectivity index (χ0) is 25.5. The molecule has 1 aromatic heterocycles. The zero-order valence-electron chi connectivity index (χ0n) is 18.5. The summed E-state index contributed by atoms with van der Waals surface area (Å²) in [4.78, 5) is 54.4. The summed E-state index contributed by atoms with van der Waals surface area (Å²) in [6, 6.07) is 5.69. The van der Waals surface area contributed by atoms with Crippen LogP contribution in [0.2, 0.25) is 10.0 Å². The summed E-state index contributed by atoms with van der Waals surface area (Å²) < 4.78 is 4.96. The average Bonchev–Trinajstić information content (AvgIpc) is 3.30. The van der Waals surface area contributed by atoms with E-state index in [9.17, 15) is 24.3 Å². The molecule has 3 rings (SSSR count). The van der Waals surface area contributed by atoms with Crippen molar-refractivity contribution in [1.29, 1.82) is 0 Å². The van der Waals surface area contributed by atoms with Crippen LogP contribution in [0.25, 0.3) is 0 Å². The normalized spacial score (nSPS) is 15.9. The number of amides is 3. The Labute approximate surface area is 215 Å². The molecule has 0 spiro atoms. The number of aromatic nitrogens is 1. The lowest BCUT2D eigenvalue weighted by Crippen LogP contribution is -2.52. The van der Waals surface area contributed by atoms with Crippen LogP contribution in [0.3, 0.4) is 0 Å². The van der Waals surface area contributed by atoms with Crippen LogP contribution in [0.5, 0.6) is 0 Å². The smallest absolute Gasteiger partial charge is 0.411 e. The first-order valence-electron chi connectivity index (χ1n) is 10.5. The van der Waals surface area contributed by atoms with E-state index in [0.717, 1.165) is 0 Å². The van der Waals surface area contributed by atoms with Gasteiger partial charge in [-0.2, -0.15) is 0 Å². The van der Waals surface area contributed by atoms with Crippen molar-refractivity contribution in [2.45, 2.75) is 25.4 Å². The Morgan fingerprint density at radius 1 is 1.23 bits per heavy atom. The summed E-state index contributed by atoms with van der Waals surface area (Å²) in [6.45, 7) is 1.83. The number of aliphatic carboxylic acids is 1. The van der Waals surface area contributed by atoms with E-state index >= 15 is 0 Å². The van der Waals surface area contributed by atoms with E-state index in [0.29, 0.717) is 11.3 Å². The maximum Gasteiger partial charge on any atom is 0.411 e. The van der Waals surface area contributed by atoms with Gasteiger partial charge in [-0.15, -0.1) is 11.8 Å². The number of benzene rings is 1. The van der Waals surface area contributed by atoms with Crippen LogP contribution in [0, 0.1) is 0 Å². The largest absolute Gasteiger partial charge is 0.480 e. The minimum atomic E-state index is -1.25. The number of halogens is 2. The molecule has 13 heteroatoms. The van der Waals surface area contributed by atoms with E-state index in [1.807, 2.05) is 0 Å². The first kappa shape index (κ1) is 26.6. The number of nitrogens with one attached hydrogen (secondary N) is 2. The van der Waals surface area contributed by atoms with Crippen molar-refractivity contribution in [3.8, 4) is 0 Å². The number of carbonyl (C=O) groups excluding carboxylic acids is 3. The summed E-state index contributed by atoms with van der Waals surface area (Å²) in [5.41, 5.74) is 0.617. The zero-order valence-corrected chi connectivity index (χ0v) is 20.8. The van der Waals surface area contributed by atoms with Gasteiger partial charge in [-0.1, -0.05) is 35.3 Å². The fourth-order valence-electron chi connectivity index (χ4n) is 3.26. The molecule has 1 aliphatic rings. The van der Waals surface area contributed by atoms with Gasteiger partial charge < -0.3 is 20.5 Å². The second-order valence-electron chi connectivity index (χ2n) is 7.39.